The van der Waals surface area contributed by atoms with Gasteiger partial charge in [0.1, 0.15) is 5.82 Å². The van der Waals surface area contributed by atoms with Crippen molar-refractivity contribution < 1.29 is 0 Å². The molecule has 1 N–H and O–H groups in total. The number of hydrogen-bond acceptors (Lipinski definition) is 2. The van der Waals surface area contributed by atoms with Crippen molar-refractivity contribution in [3.8, 4) is 0 Å². The van der Waals surface area contributed by atoms with E-state index in [9.17, 15) is 0 Å². The van der Waals surface area contributed by atoms with Crippen LogP contribution in [0.5, 0.6) is 0 Å². The zero-order valence-electron chi connectivity index (χ0n) is 9.85. The number of nitrogens with one attached hydrogen (secondary N) is 1. The highest BCUT2D eigenvalue weighted by Gasteiger charge is 2.08. The Hall–Kier alpha value is -0.990. The number of nitrogens with zero attached hydrogens (tertiary/aromatic N) is 1. The van der Waals surface area contributed by atoms with Crippen molar-refractivity contribution in [3.05, 3.63) is 33.8 Å². The number of hydrogen-bond donors (Lipinski definition) is 1. The van der Waals surface area contributed by atoms with Gasteiger partial charge in [-0.25, -0.2) is 4.98 Å². The van der Waals surface area contributed by atoms with Gasteiger partial charge in [-0.15, -0.1) is 0 Å². The van der Waals surface area contributed by atoms with Crippen molar-refractivity contribution in [2.45, 2.75) is 19.8 Å². The number of rotatable bonds is 3. The van der Waals surface area contributed by atoms with Crippen LogP contribution in [0.2, 0.25) is 10.0 Å². The van der Waals surface area contributed by atoms with Crippen LogP contribution in [0.1, 0.15) is 18.9 Å². The van der Waals surface area contributed by atoms with E-state index in [1.807, 2.05) is 13.1 Å². The standard InChI is InChI=1S/C13H14Cl2N2/c1-3-4-8-5-9-6-10(14)7-11(15)12(9)17-13(8)16-2/h5-7H,3-4H2,1-2H3,(H,16,17). The molecule has 4 heteroatoms. The van der Waals surface area contributed by atoms with Crippen molar-refractivity contribution in [1.29, 1.82) is 0 Å². The number of aromatic nitrogens is 1. The molecule has 1 heterocycles. The number of pyridine rings is 1. The van der Waals surface area contributed by atoms with E-state index in [0.29, 0.717) is 10.0 Å². The van der Waals surface area contributed by atoms with E-state index < -0.39 is 0 Å². The third-order valence-corrected chi connectivity index (χ3v) is 3.18. The molecule has 0 radical (unpaired) electrons. The highest BCUT2D eigenvalue weighted by molar-refractivity contribution is 6.38. The summed E-state index contributed by atoms with van der Waals surface area (Å²) in [4.78, 5) is 4.55. The number of fused-ring (bicyclic) bond motifs is 1. The van der Waals surface area contributed by atoms with Gasteiger partial charge in [0, 0.05) is 17.5 Å². The van der Waals surface area contributed by atoms with Crippen LogP contribution in [0.15, 0.2) is 18.2 Å². The van der Waals surface area contributed by atoms with Gasteiger partial charge in [0.2, 0.25) is 0 Å². The molecule has 0 saturated carbocycles. The number of halogens is 2. The number of aryl methyl sites for hydroxylation is 1. The van der Waals surface area contributed by atoms with Crippen LogP contribution >= 0.6 is 23.2 Å². The van der Waals surface area contributed by atoms with Crippen LogP contribution in [-0.2, 0) is 6.42 Å². The normalized spacial score (nSPS) is 10.8. The molecule has 0 spiro atoms. The average molecular weight is 269 g/mol. The van der Waals surface area contributed by atoms with E-state index in [1.54, 1.807) is 6.07 Å². The molecule has 0 aliphatic rings. The maximum absolute atomic E-state index is 6.15. The molecule has 17 heavy (non-hydrogen) atoms. The van der Waals surface area contributed by atoms with Crippen molar-refractivity contribution in [1.82, 2.24) is 4.98 Å². The minimum Gasteiger partial charge on any atom is -0.373 e. The molecule has 0 aliphatic heterocycles. The third-order valence-electron chi connectivity index (χ3n) is 2.67. The Morgan fingerprint density at radius 1 is 1.24 bits per heavy atom. The van der Waals surface area contributed by atoms with Gasteiger partial charge in [-0.1, -0.05) is 36.5 Å². The third kappa shape index (κ3) is 2.48. The SMILES string of the molecule is CCCc1cc2cc(Cl)cc(Cl)c2nc1NC. The maximum Gasteiger partial charge on any atom is 0.129 e. The summed E-state index contributed by atoms with van der Waals surface area (Å²) in [6.07, 6.45) is 2.07. The van der Waals surface area contributed by atoms with Crippen LogP contribution in [0.25, 0.3) is 10.9 Å². The van der Waals surface area contributed by atoms with E-state index in [2.05, 4.69) is 23.3 Å². The molecule has 1 aromatic carbocycles. The predicted molar refractivity (Wildman–Crippen MR) is 75.3 cm³/mol. The second-order valence-electron chi connectivity index (χ2n) is 3.96. The molecule has 0 saturated heterocycles. The molecule has 0 unspecified atom stereocenters. The summed E-state index contributed by atoms with van der Waals surface area (Å²) < 4.78 is 0. The molecular weight excluding hydrogens is 255 g/mol. The lowest BCUT2D eigenvalue weighted by Crippen LogP contribution is -1.99. The lowest BCUT2D eigenvalue weighted by atomic mass is 10.1. The lowest BCUT2D eigenvalue weighted by Gasteiger charge is -2.10. The molecule has 0 bridgehead atoms. The molecule has 0 amide bonds. The molecule has 90 valence electrons. The summed E-state index contributed by atoms with van der Waals surface area (Å²) in [6.45, 7) is 2.15. The van der Waals surface area contributed by atoms with Gasteiger partial charge in [0.05, 0.1) is 10.5 Å². The van der Waals surface area contributed by atoms with E-state index in [1.165, 1.54) is 5.56 Å². The van der Waals surface area contributed by atoms with Crippen LogP contribution in [0.3, 0.4) is 0 Å². The van der Waals surface area contributed by atoms with Crippen molar-refractivity contribution in [2.24, 2.45) is 0 Å². The summed E-state index contributed by atoms with van der Waals surface area (Å²) in [5.74, 6) is 0.892. The number of benzene rings is 1. The molecule has 2 nitrogen and oxygen atoms in total. The zero-order valence-corrected chi connectivity index (χ0v) is 11.4. The summed E-state index contributed by atoms with van der Waals surface area (Å²) >= 11 is 12.1. The van der Waals surface area contributed by atoms with Crippen LogP contribution in [0.4, 0.5) is 5.82 Å². The van der Waals surface area contributed by atoms with Gasteiger partial charge in [-0.2, -0.15) is 0 Å². The molecule has 0 atom stereocenters. The maximum atomic E-state index is 6.15. The largest absolute Gasteiger partial charge is 0.373 e. The first kappa shape index (κ1) is 12.5. The highest BCUT2D eigenvalue weighted by atomic mass is 35.5. The first-order valence-corrected chi connectivity index (χ1v) is 6.37. The molecule has 0 fully saturated rings. The fraction of sp³-hybridized carbons (Fsp3) is 0.308. The van der Waals surface area contributed by atoms with Crippen molar-refractivity contribution in [3.63, 3.8) is 0 Å². The molecule has 1 aromatic heterocycles. The second kappa shape index (κ2) is 5.11. The minimum absolute atomic E-state index is 0.590. The van der Waals surface area contributed by atoms with E-state index in [-0.39, 0.29) is 0 Å². The number of anilines is 1. The first-order valence-electron chi connectivity index (χ1n) is 5.62. The summed E-state index contributed by atoms with van der Waals surface area (Å²) in [6, 6.07) is 5.72. The van der Waals surface area contributed by atoms with Gasteiger partial charge >= 0.3 is 0 Å². The van der Waals surface area contributed by atoms with E-state index in [0.717, 1.165) is 29.6 Å². The van der Waals surface area contributed by atoms with E-state index >= 15 is 0 Å². The second-order valence-corrected chi connectivity index (χ2v) is 4.80. The van der Waals surface area contributed by atoms with Gasteiger partial charge in [-0.05, 0) is 30.2 Å². The Balaban J connectivity index is 2.69. The fourth-order valence-corrected chi connectivity index (χ4v) is 2.48. The zero-order chi connectivity index (χ0) is 12.4. The first-order chi connectivity index (χ1) is 8.15. The highest BCUT2D eigenvalue weighted by Crippen LogP contribution is 2.29. The smallest absolute Gasteiger partial charge is 0.129 e. The van der Waals surface area contributed by atoms with Crippen LogP contribution in [0, 0.1) is 0 Å². The Bertz CT molecular complexity index is 553. The fourth-order valence-electron chi connectivity index (χ4n) is 1.93. The minimum atomic E-state index is 0.590. The van der Waals surface area contributed by atoms with Crippen molar-refractivity contribution in [2.75, 3.05) is 12.4 Å². The van der Waals surface area contributed by atoms with Gasteiger partial charge in [-0.3, -0.25) is 0 Å². The Kier molecular flexibility index (Phi) is 3.75. The van der Waals surface area contributed by atoms with Gasteiger partial charge in [0.15, 0.2) is 0 Å². The monoisotopic (exact) mass is 268 g/mol. The quantitative estimate of drug-likeness (QED) is 0.885. The molecule has 2 aromatic rings. The Morgan fingerprint density at radius 2 is 2.00 bits per heavy atom. The Labute approximate surface area is 111 Å². The van der Waals surface area contributed by atoms with E-state index in [4.69, 9.17) is 23.2 Å². The average Bonchev–Trinajstić information content (AvgIpc) is 2.28. The van der Waals surface area contributed by atoms with Gasteiger partial charge in [0.25, 0.3) is 0 Å². The van der Waals surface area contributed by atoms with Crippen LogP contribution in [-0.4, -0.2) is 12.0 Å². The molecular formula is C13H14Cl2N2. The summed E-state index contributed by atoms with van der Waals surface area (Å²) in [5.41, 5.74) is 1.99. The van der Waals surface area contributed by atoms with Crippen LogP contribution < -0.4 is 5.32 Å². The predicted octanol–water partition coefficient (Wildman–Crippen LogP) is 4.54. The topological polar surface area (TPSA) is 24.9 Å². The molecule has 2 rings (SSSR count). The lowest BCUT2D eigenvalue weighted by molar-refractivity contribution is 0.919. The Morgan fingerprint density at radius 3 is 2.65 bits per heavy atom. The summed E-state index contributed by atoms with van der Waals surface area (Å²) in [7, 11) is 1.87. The summed E-state index contributed by atoms with van der Waals surface area (Å²) in [5, 5.41) is 5.33. The van der Waals surface area contributed by atoms with Gasteiger partial charge < -0.3 is 5.32 Å². The van der Waals surface area contributed by atoms with Crippen molar-refractivity contribution >= 4 is 39.9 Å². The molecule has 0 aliphatic carbocycles.